The van der Waals surface area contributed by atoms with Crippen molar-refractivity contribution in [3.05, 3.63) is 24.2 Å². The number of carboxylic acid groups (broad SMARTS) is 1. The molecule has 2 N–H and O–H groups in total. The Balaban J connectivity index is 1.88. The second kappa shape index (κ2) is 5.68. The molecule has 1 aliphatic rings. The minimum absolute atomic E-state index is 0.0120. The molecule has 0 saturated carbocycles. The lowest BCUT2D eigenvalue weighted by atomic mass is 10.1. The Morgan fingerprint density at radius 1 is 1.61 bits per heavy atom. The average Bonchev–Trinajstić information content (AvgIpc) is 2.83. The first kappa shape index (κ1) is 12.6. The van der Waals surface area contributed by atoms with Gasteiger partial charge in [-0.15, -0.1) is 0 Å². The highest BCUT2D eigenvalue weighted by molar-refractivity contribution is 5.79. The minimum atomic E-state index is -0.814. The molecule has 1 atom stereocenters. The van der Waals surface area contributed by atoms with E-state index in [9.17, 15) is 9.59 Å². The van der Waals surface area contributed by atoms with Crippen molar-refractivity contribution in [2.45, 2.75) is 25.4 Å². The van der Waals surface area contributed by atoms with Crippen LogP contribution in [-0.4, -0.2) is 41.0 Å². The van der Waals surface area contributed by atoms with Gasteiger partial charge in [-0.25, -0.2) is 0 Å². The Labute approximate surface area is 105 Å². The molecular weight excluding hydrogens is 236 g/mol. The number of hydrogen-bond donors (Lipinski definition) is 2. The van der Waals surface area contributed by atoms with Crippen LogP contribution in [-0.2, 0) is 16.1 Å². The Bertz CT molecular complexity index is 416. The third-order valence-electron chi connectivity index (χ3n) is 2.97. The third kappa shape index (κ3) is 3.33. The normalized spacial score (nSPS) is 20.1. The van der Waals surface area contributed by atoms with E-state index in [0.717, 1.165) is 5.76 Å². The molecule has 6 nitrogen and oxygen atoms in total. The molecule has 0 spiro atoms. The fourth-order valence-electron chi connectivity index (χ4n) is 2.01. The maximum absolute atomic E-state index is 11.7. The van der Waals surface area contributed by atoms with Crippen LogP contribution in [0.1, 0.15) is 18.6 Å². The smallest absolute Gasteiger partial charge is 0.303 e. The first-order chi connectivity index (χ1) is 8.65. The molecule has 6 heteroatoms. The van der Waals surface area contributed by atoms with Crippen LogP contribution in [0.2, 0.25) is 0 Å². The fourth-order valence-corrected chi connectivity index (χ4v) is 2.01. The topological polar surface area (TPSA) is 82.8 Å². The van der Waals surface area contributed by atoms with E-state index < -0.39 is 5.97 Å². The van der Waals surface area contributed by atoms with Gasteiger partial charge in [0.1, 0.15) is 5.76 Å². The molecule has 2 rings (SSSR count). The van der Waals surface area contributed by atoms with Crippen LogP contribution in [0.4, 0.5) is 0 Å². The van der Waals surface area contributed by atoms with Gasteiger partial charge in [0, 0.05) is 19.0 Å². The van der Waals surface area contributed by atoms with Crippen LogP contribution in [0.3, 0.4) is 0 Å². The maximum atomic E-state index is 11.7. The molecule has 1 fully saturated rings. The van der Waals surface area contributed by atoms with Gasteiger partial charge in [-0.05, 0) is 18.6 Å². The molecule has 2 heterocycles. The molecule has 1 amide bonds. The van der Waals surface area contributed by atoms with E-state index in [1.807, 2.05) is 6.07 Å². The molecule has 1 unspecified atom stereocenters. The first-order valence-corrected chi connectivity index (χ1v) is 5.90. The quantitative estimate of drug-likeness (QED) is 0.794. The summed E-state index contributed by atoms with van der Waals surface area (Å²) in [5.41, 5.74) is 0. The summed E-state index contributed by atoms with van der Waals surface area (Å²) < 4.78 is 5.21. The number of amides is 1. The van der Waals surface area contributed by atoms with E-state index in [1.165, 1.54) is 0 Å². The SMILES string of the molecule is O=C(O)CCC1CN(Cc2ccco2)C(=O)CN1. The Hall–Kier alpha value is -1.82. The molecule has 1 aromatic rings. The van der Waals surface area contributed by atoms with Crippen molar-refractivity contribution in [2.24, 2.45) is 0 Å². The van der Waals surface area contributed by atoms with E-state index in [2.05, 4.69) is 5.32 Å². The number of furan rings is 1. The lowest BCUT2D eigenvalue weighted by Gasteiger charge is -2.32. The highest BCUT2D eigenvalue weighted by Gasteiger charge is 2.25. The van der Waals surface area contributed by atoms with Crippen molar-refractivity contribution < 1.29 is 19.1 Å². The molecule has 1 saturated heterocycles. The van der Waals surface area contributed by atoms with Crippen molar-refractivity contribution in [1.82, 2.24) is 10.2 Å². The lowest BCUT2D eigenvalue weighted by molar-refractivity contribution is -0.137. The van der Waals surface area contributed by atoms with E-state index >= 15 is 0 Å². The molecule has 1 aliphatic heterocycles. The lowest BCUT2D eigenvalue weighted by Crippen LogP contribution is -2.53. The van der Waals surface area contributed by atoms with Gasteiger partial charge in [0.25, 0.3) is 0 Å². The summed E-state index contributed by atoms with van der Waals surface area (Å²) in [6.45, 7) is 1.22. The number of carbonyl (C=O) groups is 2. The summed E-state index contributed by atoms with van der Waals surface area (Å²) in [6.07, 6.45) is 2.21. The fraction of sp³-hybridized carbons (Fsp3) is 0.500. The zero-order valence-electron chi connectivity index (χ0n) is 9.96. The van der Waals surface area contributed by atoms with E-state index in [4.69, 9.17) is 9.52 Å². The predicted molar refractivity (Wildman–Crippen MR) is 62.8 cm³/mol. The summed E-state index contributed by atoms with van der Waals surface area (Å²) in [7, 11) is 0. The summed E-state index contributed by atoms with van der Waals surface area (Å²) >= 11 is 0. The third-order valence-corrected chi connectivity index (χ3v) is 2.97. The van der Waals surface area contributed by atoms with Crippen molar-refractivity contribution in [1.29, 1.82) is 0 Å². The molecule has 98 valence electrons. The molecule has 0 bridgehead atoms. The van der Waals surface area contributed by atoms with E-state index in [-0.39, 0.29) is 24.9 Å². The Morgan fingerprint density at radius 3 is 3.11 bits per heavy atom. The monoisotopic (exact) mass is 252 g/mol. The van der Waals surface area contributed by atoms with Crippen LogP contribution in [0, 0.1) is 0 Å². The molecule has 0 aromatic carbocycles. The minimum Gasteiger partial charge on any atom is -0.481 e. The predicted octanol–water partition coefficient (Wildman–Crippen LogP) is 0.445. The standard InChI is InChI=1S/C12H16N2O4/c15-11-6-13-9(3-4-12(16)17)7-14(11)8-10-2-1-5-18-10/h1-2,5,9,13H,3-4,6-8H2,(H,16,17). The van der Waals surface area contributed by atoms with Crippen molar-refractivity contribution in [2.75, 3.05) is 13.1 Å². The molecule has 0 radical (unpaired) electrons. The Morgan fingerprint density at radius 2 is 2.44 bits per heavy atom. The summed E-state index contributed by atoms with van der Waals surface area (Å²) in [5.74, 6) is -0.0634. The van der Waals surface area contributed by atoms with E-state index in [1.54, 1.807) is 17.2 Å². The van der Waals surface area contributed by atoms with Crippen molar-refractivity contribution in [3.63, 3.8) is 0 Å². The summed E-state index contributed by atoms with van der Waals surface area (Å²) in [4.78, 5) is 23.9. The number of aliphatic carboxylic acids is 1. The van der Waals surface area contributed by atoms with Crippen LogP contribution < -0.4 is 5.32 Å². The van der Waals surface area contributed by atoms with Gasteiger partial charge < -0.3 is 19.7 Å². The molecule has 1 aromatic heterocycles. The maximum Gasteiger partial charge on any atom is 0.303 e. The van der Waals surface area contributed by atoms with Gasteiger partial charge in [0.2, 0.25) is 5.91 Å². The number of nitrogens with zero attached hydrogens (tertiary/aromatic N) is 1. The number of nitrogens with one attached hydrogen (secondary N) is 1. The zero-order chi connectivity index (χ0) is 13.0. The number of hydrogen-bond acceptors (Lipinski definition) is 4. The Kier molecular flexibility index (Phi) is 3.99. The van der Waals surface area contributed by atoms with Gasteiger partial charge in [-0.2, -0.15) is 0 Å². The molecule has 0 aliphatic carbocycles. The number of carboxylic acids is 1. The zero-order valence-corrected chi connectivity index (χ0v) is 9.96. The second-order valence-electron chi connectivity index (χ2n) is 4.36. The number of rotatable bonds is 5. The summed E-state index contributed by atoms with van der Waals surface area (Å²) in [5, 5.41) is 11.7. The molecule has 18 heavy (non-hydrogen) atoms. The molecular formula is C12H16N2O4. The van der Waals surface area contributed by atoms with Crippen LogP contribution in [0.15, 0.2) is 22.8 Å². The number of piperazine rings is 1. The van der Waals surface area contributed by atoms with Gasteiger partial charge in [-0.3, -0.25) is 9.59 Å². The van der Waals surface area contributed by atoms with Crippen LogP contribution in [0.25, 0.3) is 0 Å². The average molecular weight is 252 g/mol. The van der Waals surface area contributed by atoms with Gasteiger partial charge in [-0.1, -0.05) is 0 Å². The van der Waals surface area contributed by atoms with Crippen molar-refractivity contribution >= 4 is 11.9 Å². The van der Waals surface area contributed by atoms with E-state index in [0.29, 0.717) is 19.5 Å². The van der Waals surface area contributed by atoms with Crippen molar-refractivity contribution in [3.8, 4) is 0 Å². The second-order valence-corrected chi connectivity index (χ2v) is 4.36. The highest BCUT2D eigenvalue weighted by atomic mass is 16.4. The highest BCUT2D eigenvalue weighted by Crippen LogP contribution is 2.11. The number of carbonyl (C=O) groups excluding carboxylic acids is 1. The van der Waals surface area contributed by atoms with Crippen LogP contribution >= 0.6 is 0 Å². The van der Waals surface area contributed by atoms with Gasteiger partial charge in [0.05, 0.1) is 19.4 Å². The van der Waals surface area contributed by atoms with Gasteiger partial charge >= 0.3 is 5.97 Å². The van der Waals surface area contributed by atoms with Crippen LogP contribution in [0.5, 0.6) is 0 Å². The largest absolute Gasteiger partial charge is 0.481 e. The first-order valence-electron chi connectivity index (χ1n) is 5.90. The summed E-state index contributed by atoms with van der Waals surface area (Å²) in [6, 6.07) is 3.64. The van der Waals surface area contributed by atoms with Gasteiger partial charge in [0.15, 0.2) is 0 Å².